The van der Waals surface area contributed by atoms with E-state index < -0.39 is 10.0 Å². The molecule has 2 rings (SSSR count). The highest BCUT2D eigenvalue weighted by Crippen LogP contribution is 2.26. The minimum Gasteiger partial charge on any atom is -0.504 e. The Morgan fingerprint density at radius 3 is 2.55 bits per heavy atom. The van der Waals surface area contributed by atoms with E-state index in [1.807, 2.05) is 19.9 Å². The van der Waals surface area contributed by atoms with Crippen molar-refractivity contribution in [2.75, 3.05) is 32.5 Å². The summed E-state index contributed by atoms with van der Waals surface area (Å²) in [5.41, 5.74) is 0.871. The molecule has 0 aliphatic carbocycles. The average Bonchev–Trinajstić information content (AvgIpc) is 2.67. The number of piperidine rings is 1. The number of nitrogens with one attached hydrogen (secondary N) is 2. The molecule has 10 heteroatoms. The van der Waals surface area contributed by atoms with Crippen LogP contribution in [0.2, 0.25) is 0 Å². The maximum Gasteiger partial charge on any atom is 0.214 e. The van der Waals surface area contributed by atoms with Gasteiger partial charge in [0.05, 0.1) is 19.4 Å². The molecule has 1 saturated heterocycles. The molecular weight excluding hydrogens is 507 g/mol. The third-order valence-electron chi connectivity index (χ3n) is 4.66. The first kappa shape index (κ1) is 25.8. The summed E-state index contributed by atoms with van der Waals surface area (Å²) in [6.07, 6.45) is 2.13. The van der Waals surface area contributed by atoms with Crippen molar-refractivity contribution in [3.63, 3.8) is 0 Å². The zero-order chi connectivity index (χ0) is 20.6. The van der Waals surface area contributed by atoms with Gasteiger partial charge < -0.3 is 20.5 Å². The molecule has 0 spiro atoms. The summed E-state index contributed by atoms with van der Waals surface area (Å²) in [4.78, 5) is 4.58. The van der Waals surface area contributed by atoms with Gasteiger partial charge in [-0.15, -0.1) is 24.0 Å². The number of aliphatic imine (C=N–C) groups is 1. The number of aromatic hydroxyl groups is 1. The lowest BCUT2D eigenvalue weighted by molar-refractivity contribution is 0.306. The minimum absolute atomic E-state index is 0. The van der Waals surface area contributed by atoms with Gasteiger partial charge in [-0.25, -0.2) is 17.7 Å². The number of halogens is 1. The molecule has 0 radical (unpaired) electrons. The van der Waals surface area contributed by atoms with E-state index in [1.165, 1.54) is 7.11 Å². The number of guanidine groups is 1. The van der Waals surface area contributed by atoms with Gasteiger partial charge in [-0.2, -0.15) is 0 Å². The minimum atomic E-state index is -3.13. The zero-order valence-electron chi connectivity index (χ0n) is 17.3. The second-order valence-corrected chi connectivity index (χ2v) is 8.92. The molecular formula is C19H33IN4O4S. The molecule has 0 atom stereocenters. The SMILES string of the molecule is CCCS(=O)(=O)N1CCC(NC(=NCc2ccc(OC)c(O)c2)NCC)CC1.I. The molecule has 1 heterocycles. The number of nitrogens with zero attached hydrogens (tertiary/aromatic N) is 2. The van der Waals surface area contributed by atoms with Gasteiger partial charge in [0.2, 0.25) is 10.0 Å². The van der Waals surface area contributed by atoms with E-state index in [9.17, 15) is 13.5 Å². The van der Waals surface area contributed by atoms with Gasteiger partial charge >= 0.3 is 0 Å². The smallest absolute Gasteiger partial charge is 0.214 e. The van der Waals surface area contributed by atoms with Gasteiger partial charge in [-0.05, 0) is 43.9 Å². The van der Waals surface area contributed by atoms with Crippen molar-refractivity contribution in [3.05, 3.63) is 23.8 Å². The van der Waals surface area contributed by atoms with E-state index in [4.69, 9.17) is 4.74 Å². The molecule has 8 nitrogen and oxygen atoms in total. The Kier molecular flexibility index (Phi) is 11.0. The Morgan fingerprint density at radius 1 is 1.31 bits per heavy atom. The Balaban J connectivity index is 0.00000420. The van der Waals surface area contributed by atoms with Crippen molar-refractivity contribution >= 4 is 40.0 Å². The van der Waals surface area contributed by atoms with Crippen LogP contribution in [0.4, 0.5) is 0 Å². The van der Waals surface area contributed by atoms with Crippen LogP contribution < -0.4 is 15.4 Å². The predicted molar refractivity (Wildman–Crippen MR) is 127 cm³/mol. The zero-order valence-corrected chi connectivity index (χ0v) is 20.5. The van der Waals surface area contributed by atoms with E-state index in [2.05, 4.69) is 15.6 Å². The van der Waals surface area contributed by atoms with Crippen molar-refractivity contribution in [2.45, 2.75) is 45.7 Å². The maximum atomic E-state index is 12.2. The fourth-order valence-electron chi connectivity index (χ4n) is 3.18. The molecule has 0 amide bonds. The largest absolute Gasteiger partial charge is 0.504 e. The van der Waals surface area contributed by atoms with Crippen molar-refractivity contribution in [2.24, 2.45) is 4.99 Å². The molecule has 1 aliphatic rings. The first-order valence-electron chi connectivity index (χ1n) is 9.78. The lowest BCUT2D eigenvalue weighted by atomic mass is 10.1. The van der Waals surface area contributed by atoms with E-state index >= 15 is 0 Å². The second-order valence-electron chi connectivity index (χ2n) is 6.84. The van der Waals surface area contributed by atoms with Crippen LogP contribution in [0.25, 0.3) is 0 Å². The Hall–Kier alpha value is -1.27. The van der Waals surface area contributed by atoms with Crippen molar-refractivity contribution in [1.29, 1.82) is 0 Å². The summed E-state index contributed by atoms with van der Waals surface area (Å²) in [5.74, 6) is 1.42. The van der Waals surface area contributed by atoms with Crippen LogP contribution in [0, 0.1) is 0 Å². The van der Waals surface area contributed by atoms with Crippen LogP contribution in [0.5, 0.6) is 11.5 Å². The molecule has 1 aliphatic heterocycles. The molecule has 0 aromatic heterocycles. The highest BCUT2D eigenvalue weighted by Gasteiger charge is 2.27. The standard InChI is InChI=1S/C19H32N4O4S.HI/c1-4-12-28(25,26)23-10-8-16(9-11-23)22-19(20-5-2)21-14-15-6-7-18(27-3)17(24)13-15;/h6-7,13,16,24H,4-5,8-12,14H2,1-3H3,(H2,20,21,22);1H. The first-order chi connectivity index (χ1) is 13.4. The number of hydrogen-bond donors (Lipinski definition) is 3. The highest BCUT2D eigenvalue weighted by atomic mass is 127. The molecule has 1 aromatic carbocycles. The summed E-state index contributed by atoms with van der Waals surface area (Å²) >= 11 is 0. The van der Waals surface area contributed by atoms with E-state index in [0.717, 1.165) is 24.9 Å². The molecule has 3 N–H and O–H groups in total. The molecule has 0 saturated carbocycles. The number of methoxy groups -OCH3 is 1. The quantitative estimate of drug-likeness (QED) is 0.266. The number of ether oxygens (including phenoxy) is 1. The van der Waals surface area contributed by atoms with Crippen LogP contribution in [-0.4, -0.2) is 62.3 Å². The molecule has 29 heavy (non-hydrogen) atoms. The number of sulfonamides is 1. The fraction of sp³-hybridized carbons (Fsp3) is 0.632. The van der Waals surface area contributed by atoms with E-state index in [-0.39, 0.29) is 41.5 Å². The van der Waals surface area contributed by atoms with Crippen molar-refractivity contribution in [3.8, 4) is 11.5 Å². The number of phenolic OH excluding ortho intramolecular Hbond substituents is 1. The molecule has 0 bridgehead atoms. The molecule has 1 aromatic rings. The topological polar surface area (TPSA) is 103 Å². The van der Waals surface area contributed by atoms with Crippen LogP contribution >= 0.6 is 24.0 Å². The lowest BCUT2D eigenvalue weighted by Gasteiger charge is -2.32. The van der Waals surface area contributed by atoms with E-state index in [0.29, 0.717) is 37.8 Å². The number of phenols is 1. The summed E-state index contributed by atoms with van der Waals surface area (Å²) in [5, 5.41) is 16.5. The van der Waals surface area contributed by atoms with Crippen LogP contribution in [-0.2, 0) is 16.6 Å². The van der Waals surface area contributed by atoms with E-state index in [1.54, 1.807) is 16.4 Å². The average molecular weight is 540 g/mol. The van der Waals surface area contributed by atoms with Gasteiger partial charge in [-0.1, -0.05) is 13.0 Å². The predicted octanol–water partition coefficient (Wildman–Crippen LogP) is 2.28. The normalized spacial score (nSPS) is 16.2. The van der Waals surface area contributed by atoms with Crippen molar-refractivity contribution in [1.82, 2.24) is 14.9 Å². The fourth-order valence-corrected chi connectivity index (χ4v) is 4.72. The van der Waals surface area contributed by atoms with Crippen LogP contribution in [0.1, 0.15) is 38.7 Å². The first-order valence-corrected chi connectivity index (χ1v) is 11.4. The summed E-state index contributed by atoms with van der Waals surface area (Å²) in [6, 6.07) is 5.40. The summed E-state index contributed by atoms with van der Waals surface area (Å²) in [6.45, 7) is 6.08. The summed E-state index contributed by atoms with van der Waals surface area (Å²) < 4.78 is 31.0. The second kappa shape index (κ2) is 12.4. The van der Waals surface area contributed by atoms with Crippen LogP contribution in [0.15, 0.2) is 23.2 Å². The molecule has 1 fully saturated rings. The highest BCUT2D eigenvalue weighted by molar-refractivity contribution is 14.0. The van der Waals surface area contributed by atoms with Gasteiger partial charge in [-0.3, -0.25) is 0 Å². The molecule has 0 unspecified atom stereocenters. The molecule has 166 valence electrons. The van der Waals surface area contributed by atoms with Crippen LogP contribution in [0.3, 0.4) is 0 Å². The maximum absolute atomic E-state index is 12.2. The van der Waals surface area contributed by atoms with Gasteiger partial charge in [0.15, 0.2) is 17.5 Å². The Labute approximate surface area is 191 Å². The Morgan fingerprint density at radius 2 is 2.00 bits per heavy atom. The number of rotatable bonds is 8. The lowest BCUT2D eigenvalue weighted by Crippen LogP contribution is -2.50. The van der Waals surface area contributed by atoms with Gasteiger partial charge in [0.1, 0.15) is 0 Å². The third-order valence-corrected chi connectivity index (χ3v) is 6.73. The number of hydrogen-bond acceptors (Lipinski definition) is 5. The van der Waals surface area contributed by atoms with Gasteiger partial charge in [0.25, 0.3) is 0 Å². The Bertz CT molecular complexity index is 765. The third kappa shape index (κ3) is 7.82. The summed E-state index contributed by atoms with van der Waals surface area (Å²) in [7, 11) is -1.61. The van der Waals surface area contributed by atoms with Gasteiger partial charge in [0, 0.05) is 25.7 Å². The monoisotopic (exact) mass is 540 g/mol. The number of benzene rings is 1. The van der Waals surface area contributed by atoms with Crippen molar-refractivity contribution < 1.29 is 18.3 Å².